The van der Waals surface area contributed by atoms with Gasteiger partial charge in [0.05, 0.1) is 24.1 Å². The van der Waals surface area contributed by atoms with Crippen molar-refractivity contribution in [3.8, 4) is 17.6 Å². The number of phenolic OH excluding ortho intramolecular Hbond substituents is 1. The minimum absolute atomic E-state index is 0.0298. The van der Waals surface area contributed by atoms with E-state index in [0.29, 0.717) is 27.9 Å². The van der Waals surface area contributed by atoms with E-state index < -0.39 is 59.5 Å². The molecule has 58 heavy (non-hydrogen) atoms. The predicted octanol–water partition coefficient (Wildman–Crippen LogP) is 7.36. The van der Waals surface area contributed by atoms with E-state index in [1.165, 1.54) is 0 Å². The molecule has 9 nitrogen and oxygen atoms in total. The summed E-state index contributed by atoms with van der Waals surface area (Å²) in [5, 5.41) is 27.9. The number of cyclic esters (lactones) is 1. The van der Waals surface area contributed by atoms with Crippen LogP contribution in [0, 0.1) is 17.8 Å². The number of carbonyl (C=O) groups is 3. The Morgan fingerprint density at radius 1 is 0.828 bits per heavy atom. The number of rotatable bonds is 7. The van der Waals surface area contributed by atoms with Crippen molar-refractivity contribution in [3.05, 3.63) is 178 Å². The van der Waals surface area contributed by atoms with Crippen molar-refractivity contribution in [2.24, 2.45) is 5.92 Å². The smallest absolute Gasteiger partial charge is 0.324 e. The maximum absolute atomic E-state index is 15.3. The third-order valence-corrected chi connectivity index (χ3v) is 12.1. The molecule has 0 unspecified atom stereocenters. The van der Waals surface area contributed by atoms with Crippen molar-refractivity contribution in [3.63, 3.8) is 0 Å². The van der Waals surface area contributed by atoms with Gasteiger partial charge >= 0.3 is 5.97 Å². The number of amides is 2. The zero-order valence-corrected chi connectivity index (χ0v) is 31.8. The number of allylic oxidation sites excluding steroid dienone is 2. The minimum Gasteiger partial charge on any atom is -0.508 e. The Morgan fingerprint density at radius 3 is 2.21 bits per heavy atom. The Labute approximate surface area is 337 Å². The molecular formula is C49H43N3O6. The first kappa shape index (κ1) is 37.1. The number of hydrogen-bond acceptors (Lipinski definition) is 7. The summed E-state index contributed by atoms with van der Waals surface area (Å²) < 4.78 is 6.48. The van der Waals surface area contributed by atoms with Gasteiger partial charge in [-0.2, -0.15) is 0 Å². The molecule has 4 N–H and O–H groups in total. The lowest BCUT2D eigenvalue weighted by Gasteiger charge is -2.46. The van der Waals surface area contributed by atoms with Crippen LogP contribution in [-0.2, 0) is 24.5 Å². The number of nitrogens with one attached hydrogen (secondary N) is 2. The fourth-order valence-electron chi connectivity index (χ4n) is 9.53. The Kier molecular flexibility index (Phi) is 9.90. The zero-order valence-electron chi connectivity index (χ0n) is 31.8. The van der Waals surface area contributed by atoms with Gasteiger partial charge in [0, 0.05) is 17.8 Å². The summed E-state index contributed by atoms with van der Waals surface area (Å²) in [7, 11) is 0. The van der Waals surface area contributed by atoms with Crippen LogP contribution < -0.4 is 10.6 Å². The normalized spacial score (nSPS) is 25.3. The first-order valence-corrected chi connectivity index (χ1v) is 19.9. The van der Waals surface area contributed by atoms with Crippen LogP contribution in [0.15, 0.2) is 145 Å². The van der Waals surface area contributed by atoms with Gasteiger partial charge in [0.25, 0.3) is 0 Å². The standard InChI is InChI=1S/C49H43N3O6/c53-37-26-24-36(25-27-37)45-49(38-29-32(23-28-39(38)51-48(49)57)22-21-31-13-5-1-6-14-31)41(46(55)50-30-40(54)33-15-7-2-8-16-33)43-47(56)58-44(35-19-11-4-12-20-35)42(52(43)45)34-17-9-3-10-18-34/h2-4,7-13,15-20,23-29,40-45,53-54H,1,5-6,14,30H2,(H,50,55)(H,51,57)/t40-,41+,42+,43+,44-,45-,49+/m0/s1. The van der Waals surface area contributed by atoms with Gasteiger partial charge in [0.15, 0.2) is 0 Å². The largest absolute Gasteiger partial charge is 0.508 e. The number of fused-ring (bicyclic) bond motifs is 3. The van der Waals surface area contributed by atoms with Crippen LogP contribution in [0.5, 0.6) is 5.75 Å². The van der Waals surface area contributed by atoms with E-state index in [0.717, 1.165) is 42.4 Å². The topological polar surface area (TPSA) is 128 Å². The number of aliphatic hydroxyl groups excluding tert-OH is 1. The lowest BCUT2D eigenvalue weighted by molar-refractivity contribution is -0.178. The highest BCUT2D eigenvalue weighted by atomic mass is 16.6. The fraction of sp³-hybridized carbons (Fsp3) is 0.245. The Hall–Kier alpha value is -6.47. The van der Waals surface area contributed by atoms with E-state index in [-0.39, 0.29) is 12.3 Å². The number of anilines is 1. The van der Waals surface area contributed by atoms with Crippen LogP contribution in [0.25, 0.3) is 0 Å². The second kappa shape index (κ2) is 15.5. The van der Waals surface area contributed by atoms with E-state index in [1.54, 1.807) is 36.4 Å². The monoisotopic (exact) mass is 769 g/mol. The number of benzene rings is 5. The summed E-state index contributed by atoms with van der Waals surface area (Å²) in [6, 6.07) is 37.5. The number of nitrogens with zero attached hydrogens (tertiary/aromatic N) is 1. The van der Waals surface area contributed by atoms with Gasteiger partial charge in [0.1, 0.15) is 23.3 Å². The molecule has 2 saturated heterocycles. The molecule has 0 saturated carbocycles. The molecule has 0 aromatic heterocycles. The molecule has 4 aliphatic rings. The molecule has 3 heterocycles. The Bertz CT molecular complexity index is 2440. The Balaban J connectivity index is 1.27. The molecule has 7 atom stereocenters. The van der Waals surface area contributed by atoms with Gasteiger partial charge in [-0.25, -0.2) is 0 Å². The number of ether oxygens (including phenoxy) is 1. The van der Waals surface area contributed by atoms with Gasteiger partial charge < -0.3 is 25.6 Å². The summed E-state index contributed by atoms with van der Waals surface area (Å²) in [6.45, 7) is -0.162. The molecule has 1 aliphatic carbocycles. The number of morpholine rings is 1. The third-order valence-electron chi connectivity index (χ3n) is 12.1. The van der Waals surface area contributed by atoms with Crippen LogP contribution in [0.3, 0.4) is 0 Å². The Morgan fingerprint density at radius 2 is 1.52 bits per heavy atom. The average Bonchev–Trinajstić information content (AvgIpc) is 3.74. The highest BCUT2D eigenvalue weighted by molar-refractivity contribution is 6.12. The van der Waals surface area contributed by atoms with E-state index in [2.05, 4.69) is 28.6 Å². The van der Waals surface area contributed by atoms with Crippen molar-refractivity contribution in [1.29, 1.82) is 0 Å². The molecule has 9 heteroatoms. The second-order valence-electron chi connectivity index (χ2n) is 15.5. The highest BCUT2D eigenvalue weighted by Gasteiger charge is 2.74. The van der Waals surface area contributed by atoms with Gasteiger partial charge in [-0.1, -0.05) is 121 Å². The van der Waals surface area contributed by atoms with Gasteiger partial charge in [-0.3, -0.25) is 19.3 Å². The average molecular weight is 770 g/mol. The third kappa shape index (κ3) is 6.45. The summed E-state index contributed by atoms with van der Waals surface area (Å²) in [6.07, 6.45) is 4.43. The lowest BCUT2D eigenvalue weighted by atomic mass is 9.65. The molecular weight excluding hydrogens is 727 g/mol. The fourth-order valence-corrected chi connectivity index (χ4v) is 9.53. The van der Waals surface area contributed by atoms with Crippen LogP contribution in [0.4, 0.5) is 5.69 Å². The lowest BCUT2D eigenvalue weighted by Crippen LogP contribution is -2.55. The van der Waals surface area contributed by atoms with Crippen LogP contribution >= 0.6 is 0 Å². The minimum atomic E-state index is -1.71. The van der Waals surface area contributed by atoms with Crippen molar-refractivity contribution in [2.75, 3.05) is 11.9 Å². The number of esters is 1. The molecule has 5 aromatic rings. The SMILES string of the molecule is O=C1O[C@@H](c2ccccc2)[C@@H](c2ccccc2)N2[C@@H](c3ccc(O)cc3)[C@]3(C(=O)Nc4ccc(C#CC5=CCCCC5)cc43)[C@@H](C(=O)NC[C@H](O)c3ccccc3)[C@H]12. The quantitative estimate of drug-likeness (QED) is 0.101. The van der Waals surface area contributed by atoms with E-state index in [9.17, 15) is 15.0 Å². The molecule has 9 rings (SSSR count). The van der Waals surface area contributed by atoms with Crippen molar-refractivity contribution in [1.82, 2.24) is 10.2 Å². The zero-order chi connectivity index (χ0) is 39.8. The molecule has 2 fully saturated rings. The van der Waals surface area contributed by atoms with Gasteiger partial charge in [-0.15, -0.1) is 0 Å². The van der Waals surface area contributed by atoms with Crippen LogP contribution in [0.2, 0.25) is 0 Å². The van der Waals surface area contributed by atoms with Crippen molar-refractivity contribution >= 4 is 23.5 Å². The van der Waals surface area contributed by atoms with Gasteiger partial charge in [0.2, 0.25) is 11.8 Å². The molecule has 5 aromatic carbocycles. The molecule has 3 aliphatic heterocycles. The molecule has 290 valence electrons. The number of aliphatic hydroxyl groups is 1. The maximum Gasteiger partial charge on any atom is 0.324 e. The van der Waals surface area contributed by atoms with Crippen LogP contribution in [0.1, 0.15) is 83.4 Å². The summed E-state index contributed by atoms with van der Waals surface area (Å²) in [5.74, 6) is 3.69. The van der Waals surface area contributed by atoms with E-state index in [4.69, 9.17) is 4.74 Å². The number of phenols is 1. The highest BCUT2D eigenvalue weighted by Crippen LogP contribution is 2.64. The maximum atomic E-state index is 15.3. The van der Waals surface area contributed by atoms with Crippen molar-refractivity contribution in [2.45, 2.75) is 61.4 Å². The second-order valence-corrected chi connectivity index (χ2v) is 15.5. The van der Waals surface area contributed by atoms with Crippen LogP contribution in [-0.4, -0.2) is 45.5 Å². The first-order valence-electron chi connectivity index (χ1n) is 19.9. The van der Waals surface area contributed by atoms with Gasteiger partial charge in [-0.05, 0) is 89.4 Å². The summed E-state index contributed by atoms with van der Waals surface area (Å²) >= 11 is 0. The molecule has 0 radical (unpaired) electrons. The van der Waals surface area contributed by atoms with E-state index in [1.807, 2.05) is 102 Å². The predicted molar refractivity (Wildman–Crippen MR) is 219 cm³/mol. The summed E-state index contributed by atoms with van der Waals surface area (Å²) in [4.78, 5) is 47.5. The first-order chi connectivity index (χ1) is 28.3. The number of hydrogen-bond donors (Lipinski definition) is 4. The molecule has 2 amide bonds. The van der Waals surface area contributed by atoms with E-state index >= 15 is 9.59 Å². The molecule has 0 bridgehead atoms. The number of aromatic hydroxyl groups is 1. The summed E-state index contributed by atoms with van der Waals surface area (Å²) in [5.41, 5.74) is 3.90. The number of carbonyl (C=O) groups excluding carboxylic acids is 3. The molecule has 1 spiro atoms. The van der Waals surface area contributed by atoms with Crippen molar-refractivity contribution < 1.29 is 29.3 Å².